The number of nitrogens with zero attached hydrogens (tertiary/aromatic N) is 1. The van der Waals surface area contributed by atoms with E-state index in [9.17, 15) is 9.59 Å². The molecule has 4 heteroatoms. The molecule has 1 amide bonds. The minimum atomic E-state index is -0.0282. The number of hydrogen-bond donors (Lipinski definition) is 0. The van der Waals surface area contributed by atoms with Gasteiger partial charge in [0.2, 0.25) is 0 Å². The Morgan fingerprint density at radius 3 is 2.64 bits per heavy atom. The number of hydrogen-bond acceptors (Lipinski definition) is 3. The van der Waals surface area contributed by atoms with E-state index in [1.54, 1.807) is 38.2 Å². The zero-order chi connectivity index (χ0) is 16.1. The Bertz CT molecular complexity index is 682. The van der Waals surface area contributed by atoms with Gasteiger partial charge in [-0.1, -0.05) is 30.4 Å². The summed E-state index contributed by atoms with van der Waals surface area (Å²) in [5, 5.41) is 0. The molecule has 0 saturated carbocycles. The Hall–Kier alpha value is -2.62. The number of rotatable bonds is 4. The maximum absolute atomic E-state index is 12.0. The number of benzene rings is 1. The van der Waals surface area contributed by atoms with E-state index >= 15 is 0 Å². The van der Waals surface area contributed by atoms with Crippen LogP contribution in [0.2, 0.25) is 0 Å². The Kier molecular flexibility index (Phi) is 4.94. The van der Waals surface area contributed by atoms with E-state index < -0.39 is 0 Å². The topological polar surface area (TPSA) is 46.6 Å². The number of carbonyl (C=O) groups is 2. The van der Waals surface area contributed by atoms with Gasteiger partial charge in [0, 0.05) is 25.2 Å². The Labute approximate surface area is 130 Å². The lowest BCUT2D eigenvalue weighted by Gasteiger charge is -2.11. The molecule has 0 N–H and O–H groups in total. The van der Waals surface area contributed by atoms with Crippen molar-refractivity contribution in [2.24, 2.45) is 0 Å². The van der Waals surface area contributed by atoms with Crippen LogP contribution in [0.25, 0.3) is 5.57 Å². The Balaban J connectivity index is 2.37. The highest BCUT2D eigenvalue weighted by atomic mass is 16.5. The summed E-state index contributed by atoms with van der Waals surface area (Å²) in [7, 11) is 5.01. The number of allylic oxidation sites excluding steroid dienone is 4. The first-order valence-corrected chi connectivity index (χ1v) is 7.01. The number of para-hydroxylation sites is 1. The zero-order valence-electron chi connectivity index (χ0n) is 13.0. The largest absolute Gasteiger partial charge is 0.495 e. The maximum atomic E-state index is 12.0. The second-order valence-electron chi connectivity index (χ2n) is 5.13. The predicted octanol–water partition coefficient (Wildman–Crippen LogP) is 2.87. The average molecular weight is 297 g/mol. The van der Waals surface area contributed by atoms with Crippen LogP contribution in [0, 0.1) is 0 Å². The molecule has 1 aliphatic rings. The van der Waals surface area contributed by atoms with Crippen molar-refractivity contribution in [2.45, 2.75) is 6.42 Å². The molecular weight excluding hydrogens is 278 g/mol. The van der Waals surface area contributed by atoms with Gasteiger partial charge in [-0.3, -0.25) is 9.59 Å². The predicted molar refractivity (Wildman–Crippen MR) is 86.9 cm³/mol. The van der Waals surface area contributed by atoms with Gasteiger partial charge in [-0.15, -0.1) is 0 Å². The molecule has 0 spiro atoms. The first-order chi connectivity index (χ1) is 10.6. The first kappa shape index (κ1) is 15.8. The van der Waals surface area contributed by atoms with Gasteiger partial charge >= 0.3 is 0 Å². The summed E-state index contributed by atoms with van der Waals surface area (Å²) < 4.78 is 5.38. The molecule has 0 heterocycles. The van der Waals surface area contributed by atoms with Crippen molar-refractivity contribution in [1.82, 2.24) is 4.90 Å². The molecule has 1 aromatic carbocycles. The molecule has 0 unspecified atom stereocenters. The summed E-state index contributed by atoms with van der Waals surface area (Å²) in [5.41, 5.74) is 2.94. The molecule has 4 nitrogen and oxygen atoms in total. The molecule has 0 aliphatic heterocycles. The lowest BCUT2D eigenvalue weighted by molar-refractivity contribution is -0.124. The fraction of sp³-hybridized carbons (Fsp3) is 0.222. The summed E-state index contributed by atoms with van der Waals surface area (Å²) in [5.74, 6) is 0.523. The van der Waals surface area contributed by atoms with Crippen LogP contribution in [-0.2, 0) is 4.79 Å². The van der Waals surface area contributed by atoms with Gasteiger partial charge in [0.1, 0.15) is 5.75 Å². The molecule has 1 aliphatic carbocycles. The summed E-state index contributed by atoms with van der Waals surface area (Å²) in [4.78, 5) is 24.7. The molecule has 0 atom stereocenters. The van der Waals surface area contributed by atoms with Crippen LogP contribution in [0.5, 0.6) is 5.75 Å². The SMILES string of the molecule is COc1c(C=O)cccc1C1=CCC=C(C(=O)N(C)C)C=C1. The van der Waals surface area contributed by atoms with E-state index in [0.29, 0.717) is 23.3 Å². The third kappa shape index (κ3) is 3.17. The highest BCUT2D eigenvalue weighted by molar-refractivity contribution is 5.97. The Morgan fingerprint density at radius 2 is 2.00 bits per heavy atom. The molecule has 22 heavy (non-hydrogen) atoms. The summed E-state index contributed by atoms with van der Waals surface area (Å²) >= 11 is 0. The zero-order valence-corrected chi connectivity index (χ0v) is 13.0. The quantitative estimate of drug-likeness (QED) is 0.803. The third-order valence-electron chi connectivity index (χ3n) is 3.46. The van der Waals surface area contributed by atoms with Gasteiger partial charge in [0.25, 0.3) is 5.91 Å². The molecule has 0 radical (unpaired) electrons. The molecule has 0 fully saturated rings. The number of ether oxygens (including phenoxy) is 1. The second-order valence-corrected chi connectivity index (χ2v) is 5.13. The normalized spacial score (nSPS) is 13.8. The van der Waals surface area contributed by atoms with Crippen molar-refractivity contribution >= 4 is 17.8 Å². The molecule has 114 valence electrons. The third-order valence-corrected chi connectivity index (χ3v) is 3.46. The second kappa shape index (κ2) is 6.89. The molecular formula is C18H19NO3. The van der Waals surface area contributed by atoms with Crippen molar-refractivity contribution in [3.05, 3.63) is 59.2 Å². The molecule has 0 saturated heterocycles. The van der Waals surface area contributed by atoms with Crippen LogP contribution in [0.4, 0.5) is 0 Å². The summed E-state index contributed by atoms with van der Waals surface area (Å²) in [6.45, 7) is 0. The monoisotopic (exact) mass is 297 g/mol. The standard InChI is InChI=1S/C18H19NO3/c1-19(2)18(21)14-7-4-6-13(10-11-14)16-9-5-8-15(12-20)17(16)22-3/h5-12H,4H2,1-3H3. The van der Waals surface area contributed by atoms with E-state index in [4.69, 9.17) is 4.74 Å². The molecule has 0 aromatic heterocycles. The van der Waals surface area contributed by atoms with E-state index in [-0.39, 0.29) is 5.91 Å². The summed E-state index contributed by atoms with van der Waals surface area (Å²) in [6, 6.07) is 5.44. The Morgan fingerprint density at radius 1 is 1.23 bits per heavy atom. The van der Waals surface area contributed by atoms with Gasteiger partial charge < -0.3 is 9.64 Å². The molecule has 2 rings (SSSR count). The van der Waals surface area contributed by atoms with Gasteiger partial charge in [-0.25, -0.2) is 0 Å². The van der Waals surface area contributed by atoms with E-state index in [0.717, 1.165) is 17.4 Å². The van der Waals surface area contributed by atoms with Crippen LogP contribution in [0.1, 0.15) is 22.3 Å². The lowest BCUT2D eigenvalue weighted by Crippen LogP contribution is -2.22. The number of carbonyl (C=O) groups excluding carboxylic acids is 2. The van der Waals surface area contributed by atoms with Crippen LogP contribution in [0.3, 0.4) is 0 Å². The highest BCUT2D eigenvalue weighted by Crippen LogP contribution is 2.31. The number of methoxy groups -OCH3 is 1. The van der Waals surface area contributed by atoms with E-state index in [2.05, 4.69) is 0 Å². The van der Waals surface area contributed by atoms with E-state index in [1.165, 1.54) is 0 Å². The van der Waals surface area contributed by atoms with Crippen molar-refractivity contribution in [2.75, 3.05) is 21.2 Å². The number of likely N-dealkylation sites (N-methyl/N-ethyl adjacent to an activating group) is 1. The van der Waals surface area contributed by atoms with Gasteiger partial charge in [-0.2, -0.15) is 0 Å². The van der Waals surface area contributed by atoms with Gasteiger partial charge in [0.15, 0.2) is 6.29 Å². The van der Waals surface area contributed by atoms with Crippen molar-refractivity contribution < 1.29 is 14.3 Å². The smallest absolute Gasteiger partial charge is 0.253 e. The minimum absolute atomic E-state index is 0.0282. The fourth-order valence-electron chi connectivity index (χ4n) is 2.35. The van der Waals surface area contributed by atoms with Gasteiger partial charge in [-0.05, 0) is 24.1 Å². The van der Waals surface area contributed by atoms with E-state index in [1.807, 2.05) is 30.4 Å². The van der Waals surface area contributed by atoms with Crippen molar-refractivity contribution in [3.63, 3.8) is 0 Å². The van der Waals surface area contributed by atoms with Crippen LogP contribution >= 0.6 is 0 Å². The van der Waals surface area contributed by atoms with Crippen molar-refractivity contribution in [3.8, 4) is 5.75 Å². The van der Waals surface area contributed by atoms with Gasteiger partial charge in [0.05, 0.1) is 12.7 Å². The fourth-order valence-corrected chi connectivity index (χ4v) is 2.35. The maximum Gasteiger partial charge on any atom is 0.253 e. The highest BCUT2D eigenvalue weighted by Gasteiger charge is 2.14. The summed E-state index contributed by atoms with van der Waals surface area (Å²) in [6.07, 6.45) is 9.01. The van der Waals surface area contributed by atoms with Crippen LogP contribution < -0.4 is 4.74 Å². The lowest BCUT2D eigenvalue weighted by atomic mass is 10.0. The van der Waals surface area contributed by atoms with Crippen molar-refractivity contribution in [1.29, 1.82) is 0 Å². The first-order valence-electron chi connectivity index (χ1n) is 7.01. The molecule has 1 aromatic rings. The number of aldehydes is 1. The average Bonchev–Trinajstić information content (AvgIpc) is 2.78. The van der Waals surface area contributed by atoms with Crippen LogP contribution in [0.15, 0.2) is 48.1 Å². The number of amides is 1. The molecule has 0 bridgehead atoms. The van der Waals surface area contributed by atoms with Crippen LogP contribution in [-0.4, -0.2) is 38.3 Å². The minimum Gasteiger partial charge on any atom is -0.495 e.